The quantitative estimate of drug-likeness (QED) is 0.882. The summed E-state index contributed by atoms with van der Waals surface area (Å²) in [5.74, 6) is 1.25. The number of aryl methyl sites for hydroxylation is 1. The van der Waals surface area contributed by atoms with Gasteiger partial charge in [0.2, 0.25) is 0 Å². The largest absolute Gasteiger partial charge is 0.333 e. The number of halogens is 1. The van der Waals surface area contributed by atoms with Crippen molar-refractivity contribution in [3.8, 4) is 0 Å². The molecule has 1 fully saturated rings. The third-order valence-electron chi connectivity index (χ3n) is 3.69. The van der Waals surface area contributed by atoms with Gasteiger partial charge in [0.25, 0.3) is 0 Å². The molecular formula is C12H20ClN3. The Bertz CT molecular complexity index is 342. The molecule has 90 valence electrons. The molecule has 1 aromatic heterocycles. The first kappa shape index (κ1) is 11.9. The molecule has 0 saturated carbocycles. The van der Waals surface area contributed by atoms with Crippen LogP contribution in [0.15, 0.2) is 6.33 Å². The molecule has 2 rings (SSSR count). The van der Waals surface area contributed by atoms with Crippen LogP contribution >= 0.6 is 11.6 Å². The molecule has 1 aromatic rings. The Morgan fingerprint density at radius 2 is 2.25 bits per heavy atom. The molecule has 4 heteroatoms. The SMILES string of the molecule is CCn1cnc(Cl)c1C(C)C1CCNCC1. The maximum Gasteiger partial charge on any atom is 0.150 e. The summed E-state index contributed by atoms with van der Waals surface area (Å²) >= 11 is 6.19. The highest BCUT2D eigenvalue weighted by Gasteiger charge is 2.25. The van der Waals surface area contributed by atoms with Crippen molar-refractivity contribution in [2.75, 3.05) is 13.1 Å². The van der Waals surface area contributed by atoms with E-state index in [0.29, 0.717) is 11.1 Å². The highest BCUT2D eigenvalue weighted by Crippen LogP contribution is 2.33. The average molecular weight is 242 g/mol. The Labute approximate surface area is 102 Å². The van der Waals surface area contributed by atoms with Crippen LogP contribution in [-0.2, 0) is 6.54 Å². The second kappa shape index (κ2) is 5.19. The summed E-state index contributed by atoms with van der Waals surface area (Å²) < 4.78 is 2.18. The van der Waals surface area contributed by atoms with Crippen molar-refractivity contribution in [3.05, 3.63) is 17.2 Å². The molecule has 0 spiro atoms. The molecular weight excluding hydrogens is 222 g/mol. The van der Waals surface area contributed by atoms with Gasteiger partial charge in [0, 0.05) is 12.5 Å². The van der Waals surface area contributed by atoms with E-state index >= 15 is 0 Å². The molecule has 2 heterocycles. The Morgan fingerprint density at radius 1 is 1.56 bits per heavy atom. The minimum atomic E-state index is 0.511. The number of imidazole rings is 1. The summed E-state index contributed by atoms with van der Waals surface area (Å²) in [6, 6.07) is 0. The second-order valence-electron chi connectivity index (χ2n) is 4.58. The molecule has 0 aliphatic carbocycles. The lowest BCUT2D eigenvalue weighted by Crippen LogP contribution is -2.30. The summed E-state index contributed by atoms with van der Waals surface area (Å²) in [5, 5.41) is 4.09. The summed E-state index contributed by atoms with van der Waals surface area (Å²) in [4.78, 5) is 4.22. The number of aromatic nitrogens is 2. The molecule has 3 nitrogen and oxygen atoms in total. The van der Waals surface area contributed by atoms with Crippen LogP contribution in [0.2, 0.25) is 5.15 Å². The molecule has 0 aromatic carbocycles. The van der Waals surface area contributed by atoms with E-state index in [1.54, 1.807) is 0 Å². The van der Waals surface area contributed by atoms with E-state index in [1.165, 1.54) is 18.5 Å². The maximum atomic E-state index is 6.19. The van der Waals surface area contributed by atoms with Crippen molar-refractivity contribution >= 4 is 11.6 Å². The lowest BCUT2D eigenvalue weighted by molar-refractivity contribution is 0.322. The molecule has 1 saturated heterocycles. The van der Waals surface area contributed by atoms with Gasteiger partial charge < -0.3 is 9.88 Å². The molecule has 0 bridgehead atoms. The van der Waals surface area contributed by atoms with E-state index in [0.717, 1.165) is 25.6 Å². The van der Waals surface area contributed by atoms with Crippen molar-refractivity contribution in [2.24, 2.45) is 5.92 Å². The van der Waals surface area contributed by atoms with Crippen molar-refractivity contribution < 1.29 is 0 Å². The van der Waals surface area contributed by atoms with Gasteiger partial charge in [-0.1, -0.05) is 18.5 Å². The molecule has 1 atom stereocenters. The number of hydrogen-bond donors (Lipinski definition) is 1. The van der Waals surface area contributed by atoms with Gasteiger partial charge in [-0.3, -0.25) is 0 Å². The Hall–Kier alpha value is -0.540. The van der Waals surface area contributed by atoms with Crippen molar-refractivity contribution in [1.82, 2.24) is 14.9 Å². The van der Waals surface area contributed by atoms with Gasteiger partial charge >= 0.3 is 0 Å². The van der Waals surface area contributed by atoms with E-state index in [9.17, 15) is 0 Å². The van der Waals surface area contributed by atoms with Crippen molar-refractivity contribution in [3.63, 3.8) is 0 Å². The smallest absolute Gasteiger partial charge is 0.150 e. The average Bonchev–Trinajstić information content (AvgIpc) is 2.70. The van der Waals surface area contributed by atoms with Crippen LogP contribution in [0.4, 0.5) is 0 Å². The maximum absolute atomic E-state index is 6.19. The Kier molecular flexibility index (Phi) is 3.87. The van der Waals surface area contributed by atoms with Crippen LogP contribution in [0.5, 0.6) is 0 Å². The predicted octanol–water partition coefficient (Wildman–Crippen LogP) is 2.66. The highest BCUT2D eigenvalue weighted by atomic mass is 35.5. The second-order valence-corrected chi connectivity index (χ2v) is 4.94. The standard InChI is InChI=1S/C12H20ClN3/c1-3-16-8-15-12(13)11(16)9(2)10-4-6-14-7-5-10/h8-10,14H,3-7H2,1-2H3. The van der Waals surface area contributed by atoms with Crippen LogP contribution in [0.25, 0.3) is 0 Å². The molecule has 1 aliphatic heterocycles. The van der Waals surface area contributed by atoms with Gasteiger partial charge in [-0.2, -0.15) is 0 Å². The highest BCUT2D eigenvalue weighted by molar-refractivity contribution is 6.30. The molecule has 0 amide bonds. The van der Waals surface area contributed by atoms with E-state index in [2.05, 4.69) is 28.7 Å². The third kappa shape index (κ3) is 2.25. The minimum Gasteiger partial charge on any atom is -0.333 e. The summed E-state index contributed by atoms with van der Waals surface area (Å²) in [7, 11) is 0. The van der Waals surface area contributed by atoms with Crippen LogP contribution in [0.3, 0.4) is 0 Å². The van der Waals surface area contributed by atoms with Gasteiger partial charge in [0.05, 0.1) is 12.0 Å². The zero-order valence-corrected chi connectivity index (χ0v) is 10.8. The minimum absolute atomic E-state index is 0.511. The Morgan fingerprint density at radius 3 is 2.88 bits per heavy atom. The van der Waals surface area contributed by atoms with Gasteiger partial charge in [0.15, 0.2) is 5.15 Å². The Balaban J connectivity index is 2.18. The lowest BCUT2D eigenvalue weighted by Gasteiger charge is -2.28. The van der Waals surface area contributed by atoms with Gasteiger partial charge in [-0.05, 0) is 38.8 Å². The first-order valence-corrected chi connectivity index (χ1v) is 6.53. The molecule has 1 N–H and O–H groups in total. The van der Waals surface area contributed by atoms with E-state index in [1.807, 2.05) is 6.33 Å². The number of nitrogens with one attached hydrogen (secondary N) is 1. The molecule has 1 aliphatic rings. The first-order valence-electron chi connectivity index (χ1n) is 6.15. The molecule has 16 heavy (non-hydrogen) atoms. The fourth-order valence-corrected chi connectivity index (χ4v) is 2.96. The fraction of sp³-hybridized carbons (Fsp3) is 0.750. The van der Waals surface area contributed by atoms with Gasteiger partial charge in [-0.15, -0.1) is 0 Å². The van der Waals surface area contributed by atoms with Crippen LogP contribution in [0.1, 0.15) is 38.3 Å². The third-order valence-corrected chi connectivity index (χ3v) is 3.99. The predicted molar refractivity (Wildman–Crippen MR) is 66.9 cm³/mol. The van der Waals surface area contributed by atoms with Gasteiger partial charge in [0.1, 0.15) is 0 Å². The normalized spacial score (nSPS) is 19.9. The van der Waals surface area contributed by atoms with Crippen LogP contribution in [0, 0.1) is 5.92 Å². The fourth-order valence-electron chi connectivity index (χ4n) is 2.64. The zero-order chi connectivity index (χ0) is 11.5. The van der Waals surface area contributed by atoms with E-state index < -0.39 is 0 Å². The van der Waals surface area contributed by atoms with E-state index in [4.69, 9.17) is 11.6 Å². The van der Waals surface area contributed by atoms with Crippen LogP contribution < -0.4 is 5.32 Å². The lowest BCUT2D eigenvalue weighted by atomic mass is 9.84. The van der Waals surface area contributed by atoms with Crippen LogP contribution in [-0.4, -0.2) is 22.6 Å². The zero-order valence-electron chi connectivity index (χ0n) is 10.0. The van der Waals surface area contributed by atoms with Crippen molar-refractivity contribution in [1.29, 1.82) is 0 Å². The topological polar surface area (TPSA) is 29.9 Å². The van der Waals surface area contributed by atoms with Gasteiger partial charge in [-0.25, -0.2) is 4.98 Å². The summed E-state index contributed by atoms with van der Waals surface area (Å²) in [6.45, 7) is 7.63. The first-order chi connectivity index (χ1) is 7.74. The monoisotopic (exact) mass is 241 g/mol. The van der Waals surface area contributed by atoms with E-state index in [-0.39, 0.29) is 0 Å². The number of nitrogens with zero attached hydrogens (tertiary/aromatic N) is 2. The number of rotatable bonds is 3. The summed E-state index contributed by atoms with van der Waals surface area (Å²) in [5.41, 5.74) is 1.22. The molecule has 1 unspecified atom stereocenters. The van der Waals surface area contributed by atoms with Crippen molar-refractivity contribution in [2.45, 2.75) is 39.2 Å². The number of hydrogen-bond acceptors (Lipinski definition) is 2. The molecule has 0 radical (unpaired) electrons. The number of piperidine rings is 1. The summed E-state index contributed by atoms with van der Waals surface area (Å²) in [6.07, 6.45) is 4.34.